The summed E-state index contributed by atoms with van der Waals surface area (Å²) in [6, 6.07) is 6.58. The molecule has 1 aromatic carbocycles. The Morgan fingerprint density at radius 1 is 0.833 bits per heavy atom. The van der Waals surface area contributed by atoms with Gasteiger partial charge in [-0.2, -0.15) is 26.3 Å². The minimum absolute atomic E-state index is 0.145. The van der Waals surface area contributed by atoms with Crippen LogP contribution in [0.2, 0.25) is 0 Å². The van der Waals surface area contributed by atoms with E-state index in [-0.39, 0.29) is 18.8 Å². The minimum Gasteiger partial charge on any atom is -0.463 e. The van der Waals surface area contributed by atoms with Crippen molar-refractivity contribution in [1.29, 1.82) is 0 Å². The predicted molar refractivity (Wildman–Crippen MR) is 91.7 cm³/mol. The molecule has 0 unspecified atom stereocenters. The molecule has 1 aromatic rings. The van der Waals surface area contributed by atoms with E-state index in [2.05, 4.69) is 9.47 Å². The number of halogens is 6. The molecule has 164 valence electrons. The van der Waals surface area contributed by atoms with Crippen LogP contribution in [0.15, 0.2) is 52.9 Å². The molecule has 5 nitrogen and oxygen atoms in total. The van der Waals surface area contributed by atoms with E-state index in [0.717, 1.165) is 0 Å². The highest BCUT2D eigenvalue weighted by molar-refractivity contribution is 6.00. The number of hydrogen-bond acceptors (Lipinski definition) is 5. The summed E-state index contributed by atoms with van der Waals surface area (Å²) in [4.78, 5) is 24.9. The maximum Gasteiger partial charge on any atom is 0.431 e. The lowest BCUT2D eigenvalue weighted by Gasteiger charge is -2.33. The number of carbonyl (C=O) groups excluding carboxylic acids is 2. The summed E-state index contributed by atoms with van der Waals surface area (Å²) >= 11 is 0. The topological polar surface area (TPSA) is 64.6 Å². The second-order valence-corrected chi connectivity index (χ2v) is 5.98. The van der Waals surface area contributed by atoms with Gasteiger partial charge in [-0.05, 0) is 19.4 Å². The summed E-state index contributed by atoms with van der Waals surface area (Å²) in [5.74, 6) is -5.03. The Balaban J connectivity index is 2.92. The second-order valence-electron chi connectivity index (χ2n) is 5.98. The van der Waals surface area contributed by atoms with Crippen LogP contribution in [0.5, 0.6) is 0 Å². The maximum atomic E-state index is 13.7. The first-order valence-corrected chi connectivity index (χ1v) is 8.72. The average molecular weight is 437 g/mol. The molecule has 0 spiro atoms. The van der Waals surface area contributed by atoms with E-state index in [1.54, 1.807) is 0 Å². The average Bonchev–Trinajstić information content (AvgIpc) is 2.65. The number of dihydropyridines is 1. The quantitative estimate of drug-likeness (QED) is 0.555. The number of rotatable bonds is 5. The Hall–Kier alpha value is -2.98. The Bertz CT molecular complexity index is 819. The zero-order valence-electron chi connectivity index (χ0n) is 15.8. The number of ether oxygens (including phenoxy) is 2. The number of hydrogen-bond donors (Lipinski definition) is 1. The van der Waals surface area contributed by atoms with E-state index in [4.69, 9.17) is 0 Å². The summed E-state index contributed by atoms with van der Waals surface area (Å²) in [6.07, 6.45) is -10.7. The fourth-order valence-corrected chi connectivity index (χ4v) is 2.98. The highest BCUT2D eigenvalue weighted by Gasteiger charge is 2.53. The highest BCUT2D eigenvalue weighted by Crippen LogP contribution is 2.46. The Morgan fingerprint density at radius 3 is 1.57 bits per heavy atom. The lowest BCUT2D eigenvalue weighted by molar-refractivity contribution is -0.143. The third-order valence-corrected chi connectivity index (χ3v) is 4.06. The molecule has 1 aliphatic rings. The third-order valence-electron chi connectivity index (χ3n) is 4.06. The van der Waals surface area contributed by atoms with E-state index in [1.165, 1.54) is 49.5 Å². The number of benzene rings is 1. The van der Waals surface area contributed by atoms with Crippen molar-refractivity contribution in [2.75, 3.05) is 13.2 Å². The molecular weight excluding hydrogens is 420 g/mol. The first-order valence-electron chi connectivity index (χ1n) is 8.72. The van der Waals surface area contributed by atoms with Crippen LogP contribution in [0.4, 0.5) is 26.3 Å². The molecule has 1 aliphatic heterocycles. The van der Waals surface area contributed by atoms with Crippen molar-refractivity contribution in [3.05, 3.63) is 58.4 Å². The smallest absolute Gasteiger partial charge is 0.431 e. The number of esters is 2. The fourth-order valence-electron chi connectivity index (χ4n) is 2.98. The Morgan fingerprint density at radius 2 is 1.23 bits per heavy atom. The first kappa shape index (κ1) is 23.3. The van der Waals surface area contributed by atoms with Crippen molar-refractivity contribution in [2.45, 2.75) is 32.1 Å². The van der Waals surface area contributed by atoms with Gasteiger partial charge < -0.3 is 14.8 Å². The molecule has 0 radical (unpaired) electrons. The van der Waals surface area contributed by atoms with Crippen LogP contribution >= 0.6 is 0 Å². The molecule has 11 heteroatoms. The van der Waals surface area contributed by atoms with Crippen LogP contribution < -0.4 is 5.32 Å². The molecule has 0 saturated heterocycles. The molecule has 0 aliphatic carbocycles. The molecule has 2 rings (SSSR count). The SMILES string of the molecule is CCOC(=O)C1=C(C(F)(F)F)NC(C(F)(F)F)=C(C(=O)OCC)C1c1ccccc1. The second kappa shape index (κ2) is 8.80. The molecule has 0 saturated carbocycles. The van der Waals surface area contributed by atoms with Crippen molar-refractivity contribution in [2.24, 2.45) is 0 Å². The highest BCUT2D eigenvalue weighted by atomic mass is 19.4. The van der Waals surface area contributed by atoms with Crippen LogP contribution in [-0.2, 0) is 19.1 Å². The maximum absolute atomic E-state index is 13.7. The number of nitrogens with one attached hydrogen (secondary N) is 1. The summed E-state index contributed by atoms with van der Waals surface area (Å²) < 4.78 is 91.5. The molecule has 1 heterocycles. The molecule has 30 heavy (non-hydrogen) atoms. The lowest BCUT2D eigenvalue weighted by Crippen LogP contribution is -2.43. The van der Waals surface area contributed by atoms with Crippen LogP contribution in [0.1, 0.15) is 25.3 Å². The molecule has 0 bridgehead atoms. The summed E-state index contributed by atoms with van der Waals surface area (Å²) in [5, 5.41) is 1.22. The van der Waals surface area contributed by atoms with Gasteiger partial charge in [0.25, 0.3) is 0 Å². The first-order chi connectivity index (χ1) is 13.9. The van der Waals surface area contributed by atoms with Gasteiger partial charge in [0.2, 0.25) is 0 Å². The van der Waals surface area contributed by atoms with E-state index in [9.17, 15) is 35.9 Å². The van der Waals surface area contributed by atoms with E-state index in [1.807, 2.05) is 0 Å². The number of alkyl halides is 6. The van der Waals surface area contributed by atoms with Crippen LogP contribution in [0.3, 0.4) is 0 Å². The van der Waals surface area contributed by atoms with Gasteiger partial charge in [0.15, 0.2) is 0 Å². The van der Waals surface area contributed by atoms with Crippen molar-refractivity contribution in [1.82, 2.24) is 5.32 Å². The molecule has 0 fully saturated rings. The molecule has 0 amide bonds. The molecule has 1 N–H and O–H groups in total. The third kappa shape index (κ3) is 4.77. The van der Waals surface area contributed by atoms with E-state index in [0.29, 0.717) is 0 Å². The number of allylic oxidation sites excluding steroid dienone is 2. The monoisotopic (exact) mass is 437 g/mol. The van der Waals surface area contributed by atoms with Crippen molar-refractivity contribution >= 4 is 11.9 Å². The van der Waals surface area contributed by atoms with Gasteiger partial charge in [-0.3, -0.25) is 0 Å². The minimum atomic E-state index is -5.37. The van der Waals surface area contributed by atoms with Crippen LogP contribution in [0, 0.1) is 0 Å². The van der Waals surface area contributed by atoms with Crippen molar-refractivity contribution in [3.8, 4) is 0 Å². The van der Waals surface area contributed by atoms with Gasteiger partial charge in [-0.1, -0.05) is 30.3 Å². The van der Waals surface area contributed by atoms with Gasteiger partial charge in [0.05, 0.1) is 30.3 Å². The number of carbonyl (C=O) groups is 2. The normalized spacial score (nSPS) is 15.7. The van der Waals surface area contributed by atoms with Gasteiger partial charge in [0.1, 0.15) is 11.4 Å². The van der Waals surface area contributed by atoms with E-state index < -0.39 is 52.7 Å². The zero-order valence-corrected chi connectivity index (χ0v) is 15.8. The van der Waals surface area contributed by atoms with Gasteiger partial charge >= 0.3 is 24.3 Å². The summed E-state index contributed by atoms with van der Waals surface area (Å²) in [7, 11) is 0. The largest absolute Gasteiger partial charge is 0.463 e. The lowest BCUT2D eigenvalue weighted by atomic mass is 9.79. The predicted octanol–water partition coefficient (Wildman–Crippen LogP) is 4.13. The summed E-state index contributed by atoms with van der Waals surface area (Å²) in [5.41, 5.74) is -6.36. The Labute approximate surface area is 167 Å². The van der Waals surface area contributed by atoms with Crippen molar-refractivity contribution < 1.29 is 45.4 Å². The van der Waals surface area contributed by atoms with Crippen molar-refractivity contribution in [3.63, 3.8) is 0 Å². The molecule has 0 aromatic heterocycles. The summed E-state index contributed by atoms with van der Waals surface area (Å²) in [6.45, 7) is 1.98. The van der Waals surface area contributed by atoms with Gasteiger partial charge in [-0.15, -0.1) is 0 Å². The fraction of sp³-hybridized carbons (Fsp3) is 0.368. The van der Waals surface area contributed by atoms with Crippen LogP contribution in [-0.4, -0.2) is 37.5 Å². The Kier molecular flexibility index (Phi) is 6.84. The molecule has 0 atom stereocenters. The van der Waals surface area contributed by atoms with E-state index >= 15 is 0 Å². The van der Waals surface area contributed by atoms with Gasteiger partial charge in [0, 0.05) is 0 Å². The van der Waals surface area contributed by atoms with Gasteiger partial charge in [-0.25, -0.2) is 9.59 Å². The van der Waals surface area contributed by atoms with Crippen LogP contribution in [0.25, 0.3) is 0 Å². The standard InChI is InChI=1S/C19H17F6NO4/c1-3-29-16(27)12-11(10-8-6-5-7-9-10)13(17(28)30-4-2)15(19(23,24)25)26-14(12)18(20,21)22/h5-9,11,26H,3-4H2,1-2H3. The molecular formula is C19H17F6NO4. The zero-order chi connectivity index (χ0) is 22.7.